The number of aliphatic hydroxyl groups excluding tert-OH is 2. The Morgan fingerprint density at radius 1 is 1.47 bits per heavy atom. The molecule has 0 atom stereocenters. The summed E-state index contributed by atoms with van der Waals surface area (Å²) in [4.78, 5) is 15.5. The minimum Gasteiger partial charge on any atom is -0.394 e. The SMILES string of the molecule is Cc1ccc(C(=O)NC(CO)CO)cn1. The van der Waals surface area contributed by atoms with Gasteiger partial charge >= 0.3 is 0 Å². The van der Waals surface area contributed by atoms with Crippen LogP contribution in [0.4, 0.5) is 0 Å². The highest BCUT2D eigenvalue weighted by atomic mass is 16.3. The average Bonchev–Trinajstić information content (AvgIpc) is 2.26. The summed E-state index contributed by atoms with van der Waals surface area (Å²) < 4.78 is 0. The van der Waals surface area contributed by atoms with Crippen LogP contribution in [-0.2, 0) is 0 Å². The maximum Gasteiger partial charge on any atom is 0.253 e. The lowest BCUT2D eigenvalue weighted by atomic mass is 10.2. The van der Waals surface area contributed by atoms with Crippen molar-refractivity contribution < 1.29 is 15.0 Å². The highest BCUT2D eigenvalue weighted by Gasteiger charge is 2.11. The number of aliphatic hydroxyl groups is 2. The number of hydrogen-bond acceptors (Lipinski definition) is 4. The number of hydrogen-bond donors (Lipinski definition) is 3. The van der Waals surface area contributed by atoms with Gasteiger partial charge in [-0.1, -0.05) is 0 Å². The number of aromatic nitrogens is 1. The normalized spacial score (nSPS) is 10.4. The molecule has 3 N–H and O–H groups in total. The molecule has 0 unspecified atom stereocenters. The Balaban J connectivity index is 2.64. The van der Waals surface area contributed by atoms with E-state index >= 15 is 0 Å². The van der Waals surface area contributed by atoms with Crippen LogP contribution in [0.25, 0.3) is 0 Å². The van der Waals surface area contributed by atoms with Gasteiger partial charge in [-0.15, -0.1) is 0 Å². The van der Waals surface area contributed by atoms with Crippen LogP contribution in [0.5, 0.6) is 0 Å². The number of carbonyl (C=O) groups excluding carboxylic acids is 1. The molecular weight excluding hydrogens is 196 g/mol. The number of pyridine rings is 1. The number of carbonyl (C=O) groups is 1. The van der Waals surface area contributed by atoms with Gasteiger partial charge in [-0.3, -0.25) is 9.78 Å². The van der Waals surface area contributed by atoms with Crippen molar-refractivity contribution in [2.45, 2.75) is 13.0 Å². The molecule has 0 fully saturated rings. The fraction of sp³-hybridized carbons (Fsp3) is 0.400. The Hall–Kier alpha value is -1.46. The molecule has 0 aromatic carbocycles. The van der Waals surface area contributed by atoms with E-state index in [4.69, 9.17) is 10.2 Å². The fourth-order valence-corrected chi connectivity index (χ4v) is 1.02. The molecule has 0 aliphatic heterocycles. The van der Waals surface area contributed by atoms with Gasteiger partial charge < -0.3 is 15.5 Å². The molecule has 5 heteroatoms. The lowest BCUT2D eigenvalue weighted by Crippen LogP contribution is -2.40. The van der Waals surface area contributed by atoms with Crippen LogP contribution >= 0.6 is 0 Å². The lowest BCUT2D eigenvalue weighted by molar-refractivity contribution is 0.0879. The zero-order valence-electron chi connectivity index (χ0n) is 8.47. The van der Waals surface area contributed by atoms with E-state index in [1.165, 1.54) is 6.20 Å². The first-order valence-corrected chi connectivity index (χ1v) is 4.62. The lowest BCUT2D eigenvalue weighted by Gasteiger charge is -2.12. The topological polar surface area (TPSA) is 82.5 Å². The second-order valence-electron chi connectivity index (χ2n) is 3.22. The summed E-state index contributed by atoms with van der Waals surface area (Å²) >= 11 is 0. The van der Waals surface area contributed by atoms with Gasteiger partial charge in [-0.05, 0) is 19.1 Å². The van der Waals surface area contributed by atoms with Crippen LogP contribution in [0.3, 0.4) is 0 Å². The number of amides is 1. The van der Waals surface area contributed by atoms with Crippen molar-refractivity contribution in [2.75, 3.05) is 13.2 Å². The molecule has 1 amide bonds. The van der Waals surface area contributed by atoms with Crippen LogP contribution < -0.4 is 5.32 Å². The Labute approximate surface area is 87.8 Å². The van der Waals surface area contributed by atoms with Crippen LogP contribution in [0.2, 0.25) is 0 Å². The van der Waals surface area contributed by atoms with E-state index in [9.17, 15) is 4.79 Å². The molecule has 1 aromatic rings. The molecule has 0 bridgehead atoms. The molecule has 0 spiro atoms. The van der Waals surface area contributed by atoms with E-state index in [2.05, 4.69) is 10.3 Å². The van der Waals surface area contributed by atoms with Gasteiger partial charge in [0.1, 0.15) is 0 Å². The highest BCUT2D eigenvalue weighted by molar-refractivity contribution is 5.94. The third-order valence-electron chi connectivity index (χ3n) is 1.95. The van der Waals surface area contributed by atoms with Crippen molar-refractivity contribution in [1.82, 2.24) is 10.3 Å². The summed E-state index contributed by atoms with van der Waals surface area (Å²) in [5.41, 5.74) is 1.24. The number of nitrogens with zero attached hydrogens (tertiary/aromatic N) is 1. The summed E-state index contributed by atoms with van der Waals surface area (Å²) in [6.45, 7) is 1.25. The number of nitrogens with one attached hydrogen (secondary N) is 1. The second kappa shape index (κ2) is 5.43. The molecule has 0 radical (unpaired) electrons. The van der Waals surface area contributed by atoms with Crippen molar-refractivity contribution in [3.8, 4) is 0 Å². The standard InChI is InChI=1S/C10H14N2O3/c1-7-2-3-8(4-11-7)10(15)12-9(5-13)6-14/h2-4,9,13-14H,5-6H2,1H3,(H,12,15). The Morgan fingerprint density at radius 3 is 2.60 bits per heavy atom. The number of aryl methyl sites for hydroxylation is 1. The average molecular weight is 210 g/mol. The molecular formula is C10H14N2O3. The minimum absolute atomic E-state index is 0.290. The molecule has 0 aliphatic carbocycles. The van der Waals surface area contributed by atoms with Crippen LogP contribution in [0.1, 0.15) is 16.1 Å². The smallest absolute Gasteiger partial charge is 0.253 e. The van der Waals surface area contributed by atoms with Gasteiger partial charge in [0.25, 0.3) is 5.91 Å². The third kappa shape index (κ3) is 3.30. The van der Waals surface area contributed by atoms with Gasteiger partial charge in [0, 0.05) is 11.9 Å². The molecule has 1 rings (SSSR count). The fourth-order valence-electron chi connectivity index (χ4n) is 1.02. The monoisotopic (exact) mass is 210 g/mol. The van der Waals surface area contributed by atoms with Crippen molar-refractivity contribution in [3.05, 3.63) is 29.6 Å². The van der Waals surface area contributed by atoms with E-state index in [1.54, 1.807) is 12.1 Å². The predicted octanol–water partition coefficient (Wildman–Crippen LogP) is -0.527. The third-order valence-corrected chi connectivity index (χ3v) is 1.95. The zero-order valence-corrected chi connectivity index (χ0v) is 8.47. The quantitative estimate of drug-likeness (QED) is 0.624. The first-order chi connectivity index (χ1) is 7.17. The summed E-state index contributed by atoms with van der Waals surface area (Å²) in [5, 5.41) is 20.0. The summed E-state index contributed by atoms with van der Waals surface area (Å²) in [5.74, 6) is -0.351. The van der Waals surface area contributed by atoms with Crippen molar-refractivity contribution in [3.63, 3.8) is 0 Å². The molecule has 15 heavy (non-hydrogen) atoms. The Morgan fingerprint density at radius 2 is 2.13 bits per heavy atom. The van der Waals surface area contributed by atoms with E-state index < -0.39 is 6.04 Å². The summed E-state index contributed by atoms with van der Waals surface area (Å²) in [6.07, 6.45) is 1.45. The molecule has 1 heterocycles. The van der Waals surface area contributed by atoms with E-state index in [0.717, 1.165) is 5.69 Å². The first-order valence-electron chi connectivity index (χ1n) is 4.62. The summed E-state index contributed by atoms with van der Waals surface area (Å²) in [7, 11) is 0. The second-order valence-corrected chi connectivity index (χ2v) is 3.22. The molecule has 5 nitrogen and oxygen atoms in total. The zero-order chi connectivity index (χ0) is 11.3. The van der Waals surface area contributed by atoms with Gasteiger partial charge in [0.05, 0.1) is 24.8 Å². The predicted molar refractivity (Wildman–Crippen MR) is 54.4 cm³/mol. The van der Waals surface area contributed by atoms with Gasteiger partial charge in [-0.25, -0.2) is 0 Å². The molecule has 0 saturated heterocycles. The largest absolute Gasteiger partial charge is 0.394 e. The first kappa shape index (κ1) is 11.6. The highest BCUT2D eigenvalue weighted by Crippen LogP contribution is 1.99. The van der Waals surface area contributed by atoms with Gasteiger partial charge in [0.15, 0.2) is 0 Å². The Bertz CT molecular complexity index is 320. The van der Waals surface area contributed by atoms with Crippen LogP contribution in [0.15, 0.2) is 18.3 Å². The molecule has 1 aromatic heterocycles. The van der Waals surface area contributed by atoms with E-state index in [-0.39, 0.29) is 19.1 Å². The molecule has 0 aliphatic rings. The van der Waals surface area contributed by atoms with E-state index in [1.807, 2.05) is 6.92 Å². The van der Waals surface area contributed by atoms with E-state index in [0.29, 0.717) is 5.56 Å². The minimum atomic E-state index is -0.626. The van der Waals surface area contributed by atoms with Crippen molar-refractivity contribution >= 4 is 5.91 Å². The van der Waals surface area contributed by atoms with Crippen LogP contribution in [-0.4, -0.2) is 40.4 Å². The maximum atomic E-state index is 11.5. The van der Waals surface area contributed by atoms with Gasteiger partial charge in [-0.2, -0.15) is 0 Å². The molecule has 82 valence electrons. The van der Waals surface area contributed by atoms with Crippen molar-refractivity contribution in [2.24, 2.45) is 0 Å². The maximum absolute atomic E-state index is 11.5. The Kier molecular flexibility index (Phi) is 4.20. The van der Waals surface area contributed by atoms with Crippen LogP contribution in [0, 0.1) is 6.92 Å². The van der Waals surface area contributed by atoms with Gasteiger partial charge in [0.2, 0.25) is 0 Å². The summed E-state index contributed by atoms with van der Waals surface area (Å²) in [6, 6.07) is 2.74. The molecule has 0 saturated carbocycles. The van der Waals surface area contributed by atoms with Crippen molar-refractivity contribution in [1.29, 1.82) is 0 Å². The number of rotatable bonds is 4.